The van der Waals surface area contributed by atoms with Gasteiger partial charge in [-0.2, -0.15) is 0 Å². The van der Waals surface area contributed by atoms with Crippen molar-refractivity contribution < 1.29 is 9.90 Å². The highest BCUT2D eigenvalue weighted by molar-refractivity contribution is 9.10. The maximum atomic E-state index is 12.7. The fraction of sp³-hybridized carbons (Fsp3) is 0.167. The van der Waals surface area contributed by atoms with Gasteiger partial charge in [0.1, 0.15) is 0 Å². The summed E-state index contributed by atoms with van der Waals surface area (Å²) in [6.45, 7) is 0.514. The maximum absolute atomic E-state index is 12.7. The fourth-order valence-corrected chi connectivity index (χ4v) is 4.31. The molecule has 0 spiro atoms. The number of nitrogens with one attached hydrogen (secondary N) is 1. The second kappa shape index (κ2) is 4.24. The van der Waals surface area contributed by atoms with Crippen LogP contribution in [0.25, 0.3) is 10.9 Å². The third-order valence-corrected chi connectivity index (χ3v) is 5.46. The summed E-state index contributed by atoms with van der Waals surface area (Å²) in [6, 6.07) is 13.4. The quantitative estimate of drug-likeness (QED) is 0.640. The molecule has 5 heteroatoms. The van der Waals surface area contributed by atoms with Crippen molar-refractivity contribution in [3.8, 4) is 0 Å². The molecular weight excluding hydrogens is 356 g/mol. The Hall–Kier alpha value is -2.11. The van der Waals surface area contributed by atoms with Gasteiger partial charge in [0, 0.05) is 33.0 Å². The predicted molar refractivity (Wildman–Crippen MR) is 90.2 cm³/mol. The molecule has 2 aromatic carbocycles. The molecule has 0 bridgehead atoms. The molecule has 4 nitrogen and oxygen atoms in total. The number of rotatable bonds is 0. The first-order chi connectivity index (χ1) is 11.1. The van der Waals surface area contributed by atoms with E-state index in [1.807, 2.05) is 30.3 Å². The van der Waals surface area contributed by atoms with Gasteiger partial charge in [0.15, 0.2) is 0 Å². The van der Waals surface area contributed by atoms with E-state index < -0.39 is 5.72 Å². The van der Waals surface area contributed by atoms with Gasteiger partial charge in [-0.3, -0.25) is 4.79 Å². The molecule has 1 unspecified atom stereocenters. The molecule has 0 saturated heterocycles. The van der Waals surface area contributed by atoms with Crippen molar-refractivity contribution in [3.63, 3.8) is 0 Å². The van der Waals surface area contributed by atoms with Crippen LogP contribution in [0.3, 0.4) is 0 Å². The number of hydrogen-bond donors (Lipinski definition) is 2. The van der Waals surface area contributed by atoms with Crippen LogP contribution in [0.2, 0.25) is 0 Å². The van der Waals surface area contributed by atoms with Gasteiger partial charge < -0.3 is 15.0 Å². The first-order valence-electron chi connectivity index (χ1n) is 7.55. The molecule has 3 aromatic rings. The number of hydrogen-bond acceptors (Lipinski definition) is 2. The number of aromatic nitrogens is 1. The van der Waals surface area contributed by atoms with Crippen molar-refractivity contribution in [1.82, 2.24) is 9.88 Å². The summed E-state index contributed by atoms with van der Waals surface area (Å²) in [4.78, 5) is 17.6. The van der Waals surface area contributed by atoms with Gasteiger partial charge >= 0.3 is 0 Å². The third-order valence-electron chi connectivity index (χ3n) is 4.97. The SMILES string of the molecule is O=C1c2ccccc2C2(O)c3[nH]c4cc(Br)ccc4c3CCN12. The number of aliphatic hydroxyl groups is 1. The third kappa shape index (κ3) is 1.51. The highest BCUT2D eigenvalue weighted by Crippen LogP contribution is 2.47. The molecule has 2 N–H and O–H groups in total. The van der Waals surface area contributed by atoms with Gasteiger partial charge in [-0.05, 0) is 30.2 Å². The Morgan fingerprint density at radius 3 is 2.91 bits per heavy atom. The van der Waals surface area contributed by atoms with Crippen LogP contribution >= 0.6 is 15.9 Å². The molecule has 2 aliphatic heterocycles. The standard InChI is InChI=1S/C18H13BrN2O2/c19-10-5-6-11-12-7-8-21-17(22)13-3-1-2-4-14(13)18(21,23)16(12)20-15(11)9-10/h1-6,9,20,23H,7-8H2. The minimum atomic E-state index is -1.40. The largest absolute Gasteiger partial charge is 0.362 e. The second-order valence-corrected chi connectivity index (χ2v) is 7.01. The Morgan fingerprint density at radius 1 is 1.22 bits per heavy atom. The highest BCUT2D eigenvalue weighted by atomic mass is 79.9. The van der Waals surface area contributed by atoms with E-state index in [9.17, 15) is 9.90 Å². The molecule has 114 valence electrons. The minimum absolute atomic E-state index is 0.103. The molecule has 0 saturated carbocycles. The Bertz CT molecular complexity index is 994. The number of carbonyl (C=O) groups is 1. The van der Waals surface area contributed by atoms with E-state index in [1.54, 1.807) is 11.0 Å². The van der Waals surface area contributed by atoms with E-state index in [0.717, 1.165) is 33.1 Å². The van der Waals surface area contributed by atoms with Crippen molar-refractivity contribution >= 4 is 32.7 Å². The van der Waals surface area contributed by atoms with Gasteiger partial charge in [-0.15, -0.1) is 0 Å². The van der Waals surface area contributed by atoms with Crippen LogP contribution in [-0.4, -0.2) is 27.4 Å². The lowest BCUT2D eigenvalue weighted by molar-refractivity contribution is -0.0588. The van der Waals surface area contributed by atoms with Crippen molar-refractivity contribution in [1.29, 1.82) is 0 Å². The molecule has 3 heterocycles. The van der Waals surface area contributed by atoms with E-state index in [1.165, 1.54) is 0 Å². The predicted octanol–water partition coefficient (Wildman–Crippen LogP) is 3.14. The number of benzene rings is 2. The number of amides is 1. The molecule has 0 aliphatic carbocycles. The summed E-state index contributed by atoms with van der Waals surface area (Å²) in [5.74, 6) is -0.103. The van der Waals surface area contributed by atoms with Crippen LogP contribution in [0.15, 0.2) is 46.9 Å². The summed E-state index contributed by atoms with van der Waals surface area (Å²) < 4.78 is 0.982. The van der Waals surface area contributed by atoms with Crippen LogP contribution in [0.5, 0.6) is 0 Å². The van der Waals surface area contributed by atoms with Gasteiger partial charge in [0.25, 0.3) is 5.91 Å². The second-order valence-electron chi connectivity index (χ2n) is 6.09. The van der Waals surface area contributed by atoms with E-state index in [2.05, 4.69) is 27.0 Å². The zero-order valence-corrected chi connectivity index (χ0v) is 13.7. The molecule has 1 amide bonds. The van der Waals surface area contributed by atoms with Gasteiger partial charge in [0.2, 0.25) is 5.72 Å². The van der Waals surface area contributed by atoms with Crippen LogP contribution in [0, 0.1) is 0 Å². The molecule has 0 radical (unpaired) electrons. The number of carbonyl (C=O) groups excluding carboxylic acids is 1. The summed E-state index contributed by atoms with van der Waals surface area (Å²) in [5.41, 5.74) is 2.63. The number of aromatic amines is 1. The summed E-state index contributed by atoms with van der Waals surface area (Å²) in [7, 11) is 0. The number of nitrogens with zero attached hydrogens (tertiary/aromatic N) is 1. The normalized spacial score (nSPS) is 22.2. The Balaban J connectivity index is 1.86. The van der Waals surface area contributed by atoms with Crippen LogP contribution in [-0.2, 0) is 12.1 Å². The summed E-state index contributed by atoms with van der Waals surface area (Å²) >= 11 is 3.48. The Morgan fingerprint density at radius 2 is 2.04 bits per heavy atom. The van der Waals surface area contributed by atoms with Crippen molar-refractivity contribution in [2.45, 2.75) is 12.1 Å². The van der Waals surface area contributed by atoms with Gasteiger partial charge in [-0.25, -0.2) is 0 Å². The highest BCUT2D eigenvalue weighted by Gasteiger charge is 2.53. The molecule has 2 aliphatic rings. The topological polar surface area (TPSA) is 56.3 Å². The van der Waals surface area contributed by atoms with E-state index in [-0.39, 0.29) is 5.91 Å². The zero-order chi connectivity index (χ0) is 15.8. The Labute approximate surface area is 140 Å². The molecule has 23 heavy (non-hydrogen) atoms. The van der Waals surface area contributed by atoms with E-state index >= 15 is 0 Å². The van der Waals surface area contributed by atoms with Crippen LogP contribution < -0.4 is 0 Å². The maximum Gasteiger partial charge on any atom is 0.257 e. The number of halogens is 1. The lowest BCUT2D eigenvalue weighted by Gasteiger charge is -2.38. The first-order valence-corrected chi connectivity index (χ1v) is 8.34. The molecule has 0 fully saturated rings. The van der Waals surface area contributed by atoms with Gasteiger partial charge in [-0.1, -0.05) is 40.2 Å². The molecule has 5 rings (SSSR count). The number of fused-ring (bicyclic) bond motifs is 7. The summed E-state index contributed by atoms with van der Waals surface area (Å²) in [6.07, 6.45) is 0.735. The molecule has 1 aromatic heterocycles. The van der Waals surface area contributed by atoms with Crippen molar-refractivity contribution in [2.24, 2.45) is 0 Å². The van der Waals surface area contributed by atoms with Crippen LogP contribution in [0.4, 0.5) is 0 Å². The average Bonchev–Trinajstić information content (AvgIpc) is 3.03. The molecule has 1 atom stereocenters. The van der Waals surface area contributed by atoms with Crippen LogP contribution in [0.1, 0.15) is 27.2 Å². The van der Waals surface area contributed by atoms with E-state index in [4.69, 9.17) is 0 Å². The van der Waals surface area contributed by atoms with E-state index in [0.29, 0.717) is 17.7 Å². The lowest BCUT2D eigenvalue weighted by Crippen LogP contribution is -2.49. The first kappa shape index (κ1) is 13.3. The van der Waals surface area contributed by atoms with Gasteiger partial charge in [0.05, 0.1) is 5.69 Å². The molecular formula is C18H13BrN2O2. The summed E-state index contributed by atoms with van der Waals surface area (Å²) in [5, 5.41) is 12.6. The Kier molecular flexibility index (Phi) is 2.46. The van der Waals surface area contributed by atoms with Crippen molar-refractivity contribution in [2.75, 3.05) is 6.54 Å². The lowest BCUT2D eigenvalue weighted by atomic mass is 9.91. The number of H-pyrrole nitrogens is 1. The zero-order valence-electron chi connectivity index (χ0n) is 12.1. The monoisotopic (exact) mass is 368 g/mol. The smallest absolute Gasteiger partial charge is 0.257 e. The average molecular weight is 369 g/mol. The fourth-order valence-electron chi connectivity index (χ4n) is 3.95. The minimum Gasteiger partial charge on any atom is -0.362 e. The van der Waals surface area contributed by atoms with Crippen molar-refractivity contribution in [3.05, 3.63) is 69.3 Å².